The van der Waals surface area contributed by atoms with E-state index in [-0.39, 0.29) is 5.69 Å². The van der Waals surface area contributed by atoms with E-state index in [0.717, 1.165) is 18.4 Å². The number of aromatic carboxylic acids is 1. The third kappa shape index (κ3) is 3.10. The molecule has 0 unspecified atom stereocenters. The van der Waals surface area contributed by atoms with Crippen molar-refractivity contribution in [1.29, 1.82) is 0 Å². The summed E-state index contributed by atoms with van der Waals surface area (Å²) in [5.74, 6) is 0.522. The predicted molar refractivity (Wildman–Crippen MR) is 77.6 cm³/mol. The van der Waals surface area contributed by atoms with E-state index >= 15 is 0 Å². The molecule has 2 N–H and O–H groups in total. The molecular formula is C15H15N3O3. The summed E-state index contributed by atoms with van der Waals surface area (Å²) < 4.78 is 5.17. The van der Waals surface area contributed by atoms with Crippen molar-refractivity contribution in [1.82, 2.24) is 9.97 Å². The number of rotatable bonds is 5. The molecule has 0 amide bonds. The smallest absolute Gasteiger partial charge is 0.354 e. The van der Waals surface area contributed by atoms with Crippen LogP contribution in [-0.4, -0.2) is 34.2 Å². The minimum Gasteiger partial charge on any atom is -0.497 e. The van der Waals surface area contributed by atoms with Gasteiger partial charge >= 0.3 is 5.97 Å². The minimum absolute atomic E-state index is 0.0223. The summed E-state index contributed by atoms with van der Waals surface area (Å²) in [5, 5.41) is 12.4. The first-order chi connectivity index (χ1) is 10.2. The first-order valence-electron chi connectivity index (χ1n) is 6.69. The normalized spacial score (nSPS) is 13.8. The lowest BCUT2D eigenvalue weighted by atomic mass is 10.2. The highest BCUT2D eigenvalue weighted by molar-refractivity contribution is 5.87. The van der Waals surface area contributed by atoms with Crippen molar-refractivity contribution in [2.75, 3.05) is 12.4 Å². The third-order valence-electron chi connectivity index (χ3n) is 3.20. The Bertz CT molecular complexity index is 684. The fraction of sp³-hybridized carbons (Fsp3) is 0.267. The number of aromatic nitrogens is 2. The van der Waals surface area contributed by atoms with Gasteiger partial charge in [-0.25, -0.2) is 14.8 Å². The molecule has 1 saturated carbocycles. The Kier molecular flexibility index (Phi) is 3.43. The molecule has 0 spiro atoms. The maximum atomic E-state index is 11.2. The molecule has 0 atom stereocenters. The van der Waals surface area contributed by atoms with Gasteiger partial charge in [0, 0.05) is 17.7 Å². The van der Waals surface area contributed by atoms with Crippen LogP contribution in [0.1, 0.15) is 23.3 Å². The molecule has 21 heavy (non-hydrogen) atoms. The Balaban J connectivity index is 2.02. The van der Waals surface area contributed by atoms with Gasteiger partial charge in [-0.1, -0.05) is 12.1 Å². The number of benzene rings is 1. The summed E-state index contributed by atoms with van der Waals surface area (Å²) in [6, 6.07) is 9.09. The molecule has 1 fully saturated rings. The molecule has 2 aromatic rings. The molecule has 0 aliphatic heterocycles. The second-order valence-electron chi connectivity index (χ2n) is 4.92. The number of anilines is 1. The summed E-state index contributed by atoms with van der Waals surface area (Å²) in [5.41, 5.74) is 0.697. The molecule has 0 bridgehead atoms. The Morgan fingerprint density at radius 1 is 1.33 bits per heavy atom. The first-order valence-corrected chi connectivity index (χ1v) is 6.69. The molecule has 1 aromatic heterocycles. The summed E-state index contributed by atoms with van der Waals surface area (Å²) >= 11 is 0. The lowest BCUT2D eigenvalue weighted by Gasteiger charge is -2.08. The summed E-state index contributed by atoms with van der Waals surface area (Å²) in [4.78, 5) is 19.7. The second-order valence-corrected chi connectivity index (χ2v) is 4.92. The summed E-state index contributed by atoms with van der Waals surface area (Å²) in [6.07, 6.45) is 2.17. The monoisotopic (exact) mass is 285 g/mol. The summed E-state index contributed by atoms with van der Waals surface area (Å²) in [7, 11) is 1.58. The van der Waals surface area contributed by atoms with Gasteiger partial charge < -0.3 is 15.2 Å². The Labute approximate surface area is 121 Å². The van der Waals surface area contributed by atoms with Gasteiger partial charge in [-0.2, -0.15) is 0 Å². The van der Waals surface area contributed by atoms with Gasteiger partial charge in [0.2, 0.25) is 0 Å². The maximum absolute atomic E-state index is 11.2. The van der Waals surface area contributed by atoms with E-state index in [4.69, 9.17) is 4.74 Å². The van der Waals surface area contributed by atoms with Gasteiger partial charge in [-0.3, -0.25) is 0 Å². The molecule has 1 aliphatic carbocycles. The predicted octanol–water partition coefficient (Wildman–Crippen LogP) is 2.42. The van der Waals surface area contributed by atoms with Crippen LogP contribution in [-0.2, 0) is 0 Å². The number of hydrogen-bond donors (Lipinski definition) is 2. The quantitative estimate of drug-likeness (QED) is 0.877. The van der Waals surface area contributed by atoms with Crippen molar-refractivity contribution >= 4 is 11.8 Å². The number of methoxy groups -OCH3 is 1. The van der Waals surface area contributed by atoms with Crippen LogP contribution >= 0.6 is 0 Å². The average Bonchev–Trinajstić information content (AvgIpc) is 3.31. The van der Waals surface area contributed by atoms with Crippen molar-refractivity contribution in [3.05, 3.63) is 36.0 Å². The largest absolute Gasteiger partial charge is 0.497 e. The Morgan fingerprint density at radius 3 is 2.81 bits per heavy atom. The highest BCUT2D eigenvalue weighted by atomic mass is 16.5. The molecule has 108 valence electrons. The van der Waals surface area contributed by atoms with Gasteiger partial charge in [0.05, 0.1) is 7.11 Å². The fourth-order valence-electron chi connectivity index (χ4n) is 1.96. The summed E-state index contributed by atoms with van der Waals surface area (Å²) in [6.45, 7) is 0. The fourth-order valence-corrected chi connectivity index (χ4v) is 1.96. The molecular weight excluding hydrogens is 270 g/mol. The van der Waals surface area contributed by atoms with Crippen LogP contribution in [0.2, 0.25) is 0 Å². The molecule has 0 radical (unpaired) electrons. The van der Waals surface area contributed by atoms with E-state index in [1.165, 1.54) is 6.07 Å². The number of carboxylic acid groups (broad SMARTS) is 1. The molecule has 0 saturated heterocycles. The number of carboxylic acids is 1. The highest BCUT2D eigenvalue weighted by Crippen LogP contribution is 2.26. The topological polar surface area (TPSA) is 84.3 Å². The van der Waals surface area contributed by atoms with Crippen LogP contribution in [0, 0.1) is 0 Å². The van der Waals surface area contributed by atoms with Crippen LogP contribution in [0.4, 0.5) is 5.82 Å². The van der Waals surface area contributed by atoms with Crippen LogP contribution in [0.3, 0.4) is 0 Å². The van der Waals surface area contributed by atoms with Gasteiger partial charge in [0.25, 0.3) is 0 Å². The molecule has 1 aliphatic rings. The van der Waals surface area contributed by atoms with Crippen LogP contribution in [0.25, 0.3) is 11.4 Å². The van der Waals surface area contributed by atoms with Crippen molar-refractivity contribution in [2.24, 2.45) is 0 Å². The van der Waals surface area contributed by atoms with Crippen LogP contribution in [0.15, 0.2) is 30.3 Å². The van der Waals surface area contributed by atoms with Crippen molar-refractivity contribution in [3.63, 3.8) is 0 Å². The average molecular weight is 285 g/mol. The Hall–Kier alpha value is -2.63. The molecule has 6 nitrogen and oxygen atoms in total. The highest BCUT2D eigenvalue weighted by Gasteiger charge is 2.22. The van der Waals surface area contributed by atoms with E-state index in [1.807, 2.05) is 18.2 Å². The second kappa shape index (κ2) is 5.40. The van der Waals surface area contributed by atoms with Gasteiger partial charge in [-0.05, 0) is 25.0 Å². The number of carbonyl (C=O) groups is 1. The third-order valence-corrected chi connectivity index (χ3v) is 3.20. The van der Waals surface area contributed by atoms with Crippen LogP contribution < -0.4 is 10.1 Å². The number of ether oxygens (including phenoxy) is 1. The first kappa shape index (κ1) is 13.4. The van der Waals surface area contributed by atoms with E-state index in [0.29, 0.717) is 23.4 Å². The standard InChI is InChI=1S/C15H15N3O3/c1-21-11-4-2-3-9(7-11)14-17-12(15(19)20)8-13(18-14)16-10-5-6-10/h2-4,7-8,10H,5-6H2,1H3,(H,19,20)(H,16,17,18). The minimum atomic E-state index is -1.07. The molecule has 6 heteroatoms. The zero-order valence-corrected chi connectivity index (χ0v) is 11.5. The van der Waals surface area contributed by atoms with Crippen LogP contribution in [0.5, 0.6) is 5.75 Å². The van der Waals surface area contributed by atoms with Crippen molar-refractivity contribution in [3.8, 4) is 17.1 Å². The van der Waals surface area contributed by atoms with Crippen molar-refractivity contribution in [2.45, 2.75) is 18.9 Å². The van der Waals surface area contributed by atoms with E-state index < -0.39 is 5.97 Å². The molecule has 1 heterocycles. The number of nitrogens with zero attached hydrogens (tertiary/aromatic N) is 2. The van der Waals surface area contributed by atoms with E-state index in [9.17, 15) is 9.90 Å². The van der Waals surface area contributed by atoms with E-state index in [1.54, 1.807) is 13.2 Å². The molecule has 1 aromatic carbocycles. The SMILES string of the molecule is COc1cccc(-c2nc(NC3CC3)cc(C(=O)O)n2)c1. The lowest BCUT2D eigenvalue weighted by molar-refractivity contribution is 0.0690. The van der Waals surface area contributed by atoms with Gasteiger partial charge in [-0.15, -0.1) is 0 Å². The lowest BCUT2D eigenvalue weighted by Crippen LogP contribution is -2.09. The Morgan fingerprint density at radius 2 is 2.14 bits per heavy atom. The molecule has 3 rings (SSSR count). The zero-order valence-electron chi connectivity index (χ0n) is 11.5. The number of hydrogen-bond acceptors (Lipinski definition) is 5. The zero-order chi connectivity index (χ0) is 14.8. The van der Waals surface area contributed by atoms with Gasteiger partial charge in [0.1, 0.15) is 11.6 Å². The maximum Gasteiger partial charge on any atom is 0.354 e. The van der Waals surface area contributed by atoms with Crippen molar-refractivity contribution < 1.29 is 14.6 Å². The number of nitrogens with one attached hydrogen (secondary N) is 1. The van der Waals surface area contributed by atoms with E-state index in [2.05, 4.69) is 15.3 Å². The van der Waals surface area contributed by atoms with Gasteiger partial charge in [0.15, 0.2) is 11.5 Å².